The van der Waals surface area contributed by atoms with E-state index in [2.05, 4.69) is 22.9 Å². The van der Waals surface area contributed by atoms with Gasteiger partial charge in [0.25, 0.3) is 0 Å². The number of ether oxygens (including phenoxy) is 2. The van der Waals surface area contributed by atoms with Crippen LogP contribution in [0.4, 0.5) is 15.3 Å². The van der Waals surface area contributed by atoms with Crippen molar-refractivity contribution in [2.45, 2.75) is 32.3 Å². The molecule has 4 rings (SSSR count). The molecule has 0 radical (unpaired) electrons. The average molecular weight is 460 g/mol. The van der Waals surface area contributed by atoms with Crippen LogP contribution >= 0.6 is 0 Å². The molecule has 1 aliphatic rings. The maximum Gasteiger partial charge on any atom is 0.434 e. The lowest BCUT2D eigenvalue weighted by Gasteiger charge is -2.26. The highest BCUT2D eigenvalue weighted by molar-refractivity contribution is 5.87. The van der Waals surface area contributed by atoms with Crippen molar-refractivity contribution in [2.75, 3.05) is 18.6 Å². The number of nitrogens with one attached hydrogen (secondary N) is 2. The monoisotopic (exact) mass is 459 g/mol. The Morgan fingerprint density at radius 3 is 1.97 bits per heavy atom. The lowest BCUT2D eigenvalue weighted by molar-refractivity contribution is 0.0114. The molecule has 0 bridgehead atoms. The molecule has 0 saturated heterocycles. The summed E-state index contributed by atoms with van der Waals surface area (Å²) in [6, 6.07) is 25.6. The number of fused-ring (bicyclic) bond motifs is 3. The molecule has 0 spiro atoms. The number of carbonyl (C=O) groups is 2. The summed E-state index contributed by atoms with van der Waals surface area (Å²) in [5, 5.41) is 3.87. The fourth-order valence-electron chi connectivity index (χ4n) is 3.95. The maximum absolute atomic E-state index is 13.0. The molecule has 0 saturated carbocycles. The summed E-state index contributed by atoms with van der Waals surface area (Å²) >= 11 is 0. The number of carbonyl (C=O) groups excluding carboxylic acids is 2. The third-order valence-electron chi connectivity index (χ3n) is 5.40. The molecule has 7 heteroatoms. The predicted molar refractivity (Wildman–Crippen MR) is 131 cm³/mol. The Morgan fingerprint density at radius 1 is 0.824 bits per heavy atom. The number of anilines is 1. The van der Waals surface area contributed by atoms with Gasteiger partial charge < -0.3 is 14.8 Å². The summed E-state index contributed by atoms with van der Waals surface area (Å²) in [4.78, 5) is 25.8. The number of imide groups is 1. The second kappa shape index (κ2) is 9.97. The van der Waals surface area contributed by atoms with Crippen LogP contribution in [0.5, 0.6) is 0 Å². The Labute approximate surface area is 199 Å². The Kier molecular flexibility index (Phi) is 6.84. The lowest BCUT2D eigenvalue weighted by Crippen LogP contribution is -2.51. The van der Waals surface area contributed by atoms with Gasteiger partial charge in [0, 0.05) is 11.6 Å². The minimum Gasteiger partial charge on any atom is -0.447 e. The Morgan fingerprint density at radius 2 is 1.38 bits per heavy atom. The van der Waals surface area contributed by atoms with Crippen LogP contribution in [0.25, 0.3) is 11.1 Å². The van der Waals surface area contributed by atoms with E-state index in [1.54, 1.807) is 20.8 Å². The van der Waals surface area contributed by atoms with Crippen LogP contribution in [0.1, 0.15) is 37.8 Å². The first-order valence-electron chi connectivity index (χ1n) is 11.2. The number of benzene rings is 3. The Bertz CT molecular complexity index is 1110. The first-order valence-corrected chi connectivity index (χ1v) is 11.2. The van der Waals surface area contributed by atoms with Gasteiger partial charge in [0.05, 0.1) is 6.67 Å². The van der Waals surface area contributed by atoms with E-state index in [0.29, 0.717) is 0 Å². The highest BCUT2D eigenvalue weighted by atomic mass is 16.6. The van der Waals surface area contributed by atoms with Gasteiger partial charge in [0.2, 0.25) is 0 Å². The second-order valence-corrected chi connectivity index (χ2v) is 9.00. The molecule has 2 amide bonds. The number of hydrazine groups is 1. The smallest absolute Gasteiger partial charge is 0.434 e. The van der Waals surface area contributed by atoms with Crippen LogP contribution in [0, 0.1) is 0 Å². The molecular formula is C27H29N3O4. The van der Waals surface area contributed by atoms with E-state index in [1.165, 1.54) is 0 Å². The molecule has 34 heavy (non-hydrogen) atoms. The Balaban J connectivity index is 1.46. The van der Waals surface area contributed by atoms with E-state index in [4.69, 9.17) is 9.47 Å². The van der Waals surface area contributed by atoms with Crippen LogP contribution in [0.3, 0.4) is 0 Å². The lowest BCUT2D eigenvalue weighted by atomic mass is 9.98. The first kappa shape index (κ1) is 23.3. The number of hydrogen-bond acceptors (Lipinski definition) is 6. The normalized spacial score (nSPS) is 12.4. The standard InChI is InChI=1S/C27H29N3O4/c1-27(2,3)34-26(32)30(29-18-28-19-11-5-4-6-12-19)25(31)33-17-24-22-15-9-7-13-20(22)21-14-8-10-16-23(21)24/h4-16,24,28-29H,17-18H2,1-3H3. The number of hydrogen-bond donors (Lipinski definition) is 2. The summed E-state index contributed by atoms with van der Waals surface area (Å²) in [5.41, 5.74) is 7.30. The van der Waals surface area contributed by atoms with Gasteiger partial charge in [0.15, 0.2) is 0 Å². The highest BCUT2D eigenvalue weighted by Gasteiger charge is 2.32. The summed E-state index contributed by atoms with van der Waals surface area (Å²) in [5.74, 6) is -0.112. The van der Waals surface area contributed by atoms with Crippen molar-refractivity contribution in [3.05, 3.63) is 90.0 Å². The molecule has 3 aromatic carbocycles. The van der Waals surface area contributed by atoms with Crippen molar-refractivity contribution in [1.29, 1.82) is 0 Å². The number of rotatable bonds is 6. The van der Waals surface area contributed by atoms with E-state index in [1.807, 2.05) is 66.7 Å². The van der Waals surface area contributed by atoms with Crippen molar-refractivity contribution in [3.8, 4) is 11.1 Å². The molecule has 0 fully saturated rings. The fourth-order valence-corrected chi connectivity index (χ4v) is 3.95. The largest absolute Gasteiger partial charge is 0.447 e. The first-order chi connectivity index (χ1) is 16.3. The predicted octanol–water partition coefficient (Wildman–Crippen LogP) is 5.75. The zero-order valence-electron chi connectivity index (χ0n) is 19.6. The molecule has 0 heterocycles. The molecule has 0 atom stereocenters. The van der Waals surface area contributed by atoms with Crippen molar-refractivity contribution in [2.24, 2.45) is 0 Å². The quantitative estimate of drug-likeness (QED) is 0.361. The summed E-state index contributed by atoms with van der Waals surface area (Å²) < 4.78 is 11.0. The molecule has 1 aliphatic carbocycles. The van der Waals surface area contributed by atoms with Crippen LogP contribution < -0.4 is 10.7 Å². The molecule has 2 N–H and O–H groups in total. The maximum atomic E-state index is 13.0. The molecule has 3 aromatic rings. The van der Waals surface area contributed by atoms with Gasteiger partial charge in [-0.3, -0.25) is 0 Å². The van der Waals surface area contributed by atoms with Crippen LogP contribution in [0.2, 0.25) is 0 Å². The minimum atomic E-state index is -0.834. The van der Waals surface area contributed by atoms with Gasteiger partial charge in [-0.2, -0.15) is 5.43 Å². The third kappa shape index (κ3) is 5.38. The number of nitrogens with zero attached hydrogens (tertiary/aromatic N) is 1. The van der Waals surface area contributed by atoms with E-state index in [-0.39, 0.29) is 19.2 Å². The van der Waals surface area contributed by atoms with Gasteiger partial charge in [-0.05, 0) is 55.2 Å². The van der Waals surface area contributed by atoms with Crippen LogP contribution in [-0.4, -0.2) is 36.1 Å². The van der Waals surface area contributed by atoms with E-state index in [0.717, 1.165) is 33.0 Å². The van der Waals surface area contributed by atoms with E-state index < -0.39 is 17.8 Å². The van der Waals surface area contributed by atoms with Gasteiger partial charge in [-0.1, -0.05) is 66.7 Å². The topological polar surface area (TPSA) is 79.9 Å². The summed E-state index contributed by atoms with van der Waals surface area (Å²) in [7, 11) is 0. The van der Waals surface area contributed by atoms with Crippen molar-refractivity contribution >= 4 is 17.9 Å². The van der Waals surface area contributed by atoms with Crippen molar-refractivity contribution < 1.29 is 19.1 Å². The zero-order chi connectivity index (χ0) is 24.1. The SMILES string of the molecule is CC(C)(C)OC(=O)N(NCNc1ccccc1)C(=O)OCC1c2ccccc2-c2ccccc21. The van der Waals surface area contributed by atoms with Gasteiger partial charge in [-0.25, -0.2) is 9.59 Å². The minimum absolute atomic E-state index is 0.0972. The average Bonchev–Trinajstić information content (AvgIpc) is 3.13. The second-order valence-electron chi connectivity index (χ2n) is 9.00. The van der Waals surface area contributed by atoms with E-state index >= 15 is 0 Å². The molecule has 176 valence electrons. The molecular weight excluding hydrogens is 430 g/mol. The molecule has 0 aliphatic heterocycles. The summed E-state index contributed by atoms with van der Waals surface area (Å²) in [6.07, 6.45) is -1.66. The molecule has 0 unspecified atom stereocenters. The van der Waals surface area contributed by atoms with Gasteiger partial charge >= 0.3 is 12.2 Å². The van der Waals surface area contributed by atoms with Crippen LogP contribution in [0.15, 0.2) is 78.9 Å². The Hall–Kier alpha value is -3.84. The zero-order valence-corrected chi connectivity index (χ0v) is 19.6. The van der Waals surface area contributed by atoms with Crippen molar-refractivity contribution in [1.82, 2.24) is 10.4 Å². The van der Waals surface area contributed by atoms with Gasteiger partial charge in [-0.15, -0.1) is 5.01 Å². The van der Waals surface area contributed by atoms with E-state index in [9.17, 15) is 9.59 Å². The third-order valence-corrected chi connectivity index (χ3v) is 5.40. The van der Waals surface area contributed by atoms with Gasteiger partial charge in [0.1, 0.15) is 12.2 Å². The highest BCUT2D eigenvalue weighted by Crippen LogP contribution is 2.44. The molecule has 0 aromatic heterocycles. The van der Waals surface area contributed by atoms with Crippen molar-refractivity contribution in [3.63, 3.8) is 0 Å². The van der Waals surface area contributed by atoms with Crippen LogP contribution in [-0.2, 0) is 9.47 Å². The molecule has 7 nitrogen and oxygen atoms in total. The number of para-hydroxylation sites is 1. The summed E-state index contributed by atoms with van der Waals surface area (Å²) in [6.45, 7) is 5.43. The fraction of sp³-hybridized carbons (Fsp3) is 0.259. The number of amides is 2.